The fourth-order valence-electron chi connectivity index (χ4n) is 2.34. The average Bonchev–Trinajstić information content (AvgIpc) is 2.95. The summed E-state index contributed by atoms with van der Waals surface area (Å²) in [5, 5.41) is 0. The third-order valence-electron chi connectivity index (χ3n) is 3.42. The molecule has 1 aromatic heterocycles. The van der Waals surface area contributed by atoms with E-state index in [-0.39, 0.29) is 5.78 Å². The summed E-state index contributed by atoms with van der Waals surface area (Å²) in [7, 11) is 0. The van der Waals surface area contributed by atoms with Gasteiger partial charge in [-0.2, -0.15) is 0 Å². The number of nitrogens with zero attached hydrogens (tertiary/aromatic N) is 1. The second-order valence-electron chi connectivity index (χ2n) is 4.62. The summed E-state index contributed by atoms with van der Waals surface area (Å²) in [6, 6.07) is 12.2. The molecule has 0 amide bonds. The largest absolute Gasteiger partial charge is 0.340 e. The zero-order valence-corrected chi connectivity index (χ0v) is 10.4. The molecule has 1 aromatic carbocycles. The summed E-state index contributed by atoms with van der Waals surface area (Å²) in [6.45, 7) is 2.83. The van der Waals surface area contributed by atoms with E-state index in [1.54, 1.807) is 0 Å². The number of rotatable bonds is 2. The number of ketones is 1. The Hall–Kier alpha value is -2.09. The van der Waals surface area contributed by atoms with Crippen LogP contribution < -0.4 is 0 Å². The van der Waals surface area contributed by atoms with Crippen LogP contribution in [0.3, 0.4) is 0 Å². The molecule has 0 spiro atoms. The first kappa shape index (κ1) is 11.0. The van der Waals surface area contributed by atoms with Gasteiger partial charge in [-0.05, 0) is 35.8 Å². The van der Waals surface area contributed by atoms with E-state index in [1.807, 2.05) is 29.0 Å². The van der Waals surface area contributed by atoms with E-state index in [0.29, 0.717) is 6.54 Å². The fraction of sp³-hybridized carbons (Fsp3) is 0.188. The molecule has 0 bridgehead atoms. The van der Waals surface area contributed by atoms with Gasteiger partial charge in [-0.25, -0.2) is 0 Å². The summed E-state index contributed by atoms with van der Waals surface area (Å²) in [4.78, 5) is 12.1. The molecule has 2 heteroatoms. The topological polar surface area (TPSA) is 22.0 Å². The molecule has 18 heavy (non-hydrogen) atoms. The van der Waals surface area contributed by atoms with Crippen molar-refractivity contribution in [3.8, 4) is 0 Å². The second-order valence-corrected chi connectivity index (χ2v) is 4.62. The number of carbonyl (C=O) groups excluding carboxylic acids is 1. The molecular formula is C16H15NO. The molecule has 1 aliphatic rings. The third-order valence-corrected chi connectivity index (χ3v) is 3.42. The summed E-state index contributed by atoms with van der Waals surface area (Å²) in [5.74, 6) is 0.152. The molecule has 0 unspecified atom stereocenters. The van der Waals surface area contributed by atoms with Crippen LogP contribution in [0, 0.1) is 0 Å². The number of fused-ring (bicyclic) bond motifs is 1. The molecule has 0 radical (unpaired) electrons. The van der Waals surface area contributed by atoms with Crippen LogP contribution in [0.15, 0.2) is 48.2 Å². The minimum atomic E-state index is 0.152. The van der Waals surface area contributed by atoms with E-state index in [2.05, 4.69) is 31.2 Å². The molecule has 3 rings (SSSR count). The van der Waals surface area contributed by atoms with Crippen molar-refractivity contribution >= 4 is 11.9 Å². The Morgan fingerprint density at radius 1 is 1.22 bits per heavy atom. The Bertz CT molecular complexity index is 617. The molecule has 0 aliphatic carbocycles. The van der Waals surface area contributed by atoms with Gasteiger partial charge in [0.05, 0.1) is 12.2 Å². The predicted molar refractivity (Wildman–Crippen MR) is 72.6 cm³/mol. The highest BCUT2D eigenvalue weighted by Crippen LogP contribution is 2.22. The van der Waals surface area contributed by atoms with Crippen molar-refractivity contribution in [3.63, 3.8) is 0 Å². The highest BCUT2D eigenvalue weighted by molar-refractivity contribution is 6.12. The molecule has 0 saturated heterocycles. The number of hydrogen-bond acceptors (Lipinski definition) is 1. The number of Topliss-reactive ketones (excluding diaryl/α,β-unsaturated/α-hetero) is 1. The van der Waals surface area contributed by atoms with E-state index in [9.17, 15) is 4.79 Å². The molecule has 1 aliphatic heterocycles. The van der Waals surface area contributed by atoms with Crippen molar-refractivity contribution in [2.45, 2.75) is 19.9 Å². The highest BCUT2D eigenvalue weighted by atomic mass is 16.1. The van der Waals surface area contributed by atoms with Crippen molar-refractivity contribution in [1.82, 2.24) is 4.57 Å². The van der Waals surface area contributed by atoms with Crippen LogP contribution in [-0.4, -0.2) is 10.4 Å². The lowest BCUT2D eigenvalue weighted by Gasteiger charge is -1.99. The number of carbonyl (C=O) groups is 1. The molecule has 2 aromatic rings. The SMILES string of the molecule is CCc1ccc(/C=C2/Cn3cccc3C2=O)cc1. The maximum atomic E-state index is 12.1. The monoisotopic (exact) mass is 237 g/mol. The first-order valence-electron chi connectivity index (χ1n) is 6.27. The standard InChI is InChI=1S/C16H15NO/c1-2-12-5-7-13(8-6-12)10-14-11-17-9-3-4-15(17)16(14)18/h3-10H,2,11H2,1H3/b14-10-. The molecule has 2 heterocycles. The number of hydrogen-bond donors (Lipinski definition) is 0. The normalized spacial score (nSPS) is 16.3. The Kier molecular flexibility index (Phi) is 2.63. The predicted octanol–water partition coefficient (Wildman–Crippen LogP) is 3.33. The maximum absolute atomic E-state index is 12.1. The lowest BCUT2D eigenvalue weighted by Crippen LogP contribution is -1.94. The number of allylic oxidation sites excluding steroid dienone is 1. The van der Waals surface area contributed by atoms with Crippen molar-refractivity contribution in [2.75, 3.05) is 0 Å². The fourth-order valence-corrected chi connectivity index (χ4v) is 2.34. The van der Waals surface area contributed by atoms with Crippen molar-refractivity contribution < 1.29 is 4.79 Å². The Balaban J connectivity index is 1.89. The van der Waals surface area contributed by atoms with Crippen molar-refractivity contribution in [1.29, 1.82) is 0 Å². The van der Waals surface area contributed by atoms with Gasteiger partial charge < -0.3 is 4.57 Å². The van der Waals surface area contributed by atoms with Gasteiger partial charge in [-0.3, -0.25) is 4.79 Å². The molecule has 0 fully saturated rings. The van der Waals surface area contributed by atoms with E-state index >= 15 is 0 Å². The molecule has 0 saturated carbocycles. The maximum Gasteiger partial charge on any atom is 0.207 e. The Labute approximate surface area is 107 Å². The molecule has 0 atom stereocenters. The zero-order valence-electron chi connectivity index (χ0n) is 10.4. The van der Waals surface area contributed by atoms with Crippen LogP contribution in [0.25, 0.3) is 6.08 Å². The number of aryl methyl sites for hydroxylation is 1. The second kappa shape index (κ2) is 4.30. The van der Waals surface area contributed by atoms with E-state index in [4.69, 9.17) is 0 Å². The Morgan fingerprint density at radius 2 is 2.00 bits per heavy atom. The summed E-state index contributed by atoms with van der Waals surface area (Å²) in [5.41, 5.74) is 4.09. The molecule has 2 nitrogen and oxygen atoms in total. The number of aromatic nitrogens is 1. The first-order valence-corrected chi connectivity index (χ1v) is 6.27. The van der Waals surface area contributed by atoms with Gasteiger partial charge in [0.2, 0.25) is 5.78 Å². The van der Waals surface area contributed by atoms with Crippen LogP contribution in [0.5, 0.6) is 0 Å². The number of benzene rings is 1. The average molecular weight is 237 g/mol. The van der Waals surface area contributed by atoms with Gasteiger partial charge in [-0.15, -0.1) is 0 Å². The minimum Gasteiger partial charge on any atom is -0.340 e. The van der Waals surface area contributed by atoms with Crippen LogP contribution in [0.4, 0.5) is 0 Å². The molecular weight excluding hydrogens is 222 g/mol. The van der Waals surface area contributed by atoms with Gasteiger partial charge >= 0.3 is 0 Å². The summed E-state index contributed by atoms with van der Waals surface area (Å²) >= 11 is 0. The zero-order chi connectivity index (χ0) is 12.5. The highest BCUT2D eigenvalue weighted by Gasteiger charge is 2.23. The quantitative estimate of drug-likeness (QED) is 0.734. The van der Waals surface area contributed by atoms with Crippen LogP contribution in [-0.2, 0) is 13.0 Å². The summed E-state index contributed by atoms with van der Waals surface area (Å²) in [6.07, 6.45) is 4.99. The van der Waals surface area contributed by atoms with E-state index in [1.165, 1.54) is 5.56 Å². The van der Waals surface area contributed by atoms with Gasteiger partial charge in [0, 0.05) is 11.8 Å². The van der Waals surface area contributed by atoms with Gasteiger partial charge in [0.25, 0.3) is 0 Å². The van der Waals surface area contributed by atoms with E-state index < -0.39 is 0 Å². The lowest BCUT2D eigenvalue weighted by atomic mass is 10.1. The first-order chi connectivity index (χ1) is 8.78. The Morgan fingerprint density at radius 3 is 2.67 bits per heavy atom. The van der Waals surface area contributed by atoms with Crippen molar-refractivity contribution in [2.24, 2.45) is 0 Å². The summed E-state index contributed by atoms with van der Waals surface area (Å²) < 4.78 is 1.99. The van der Waals surface area contributed by atoms with Gasteiger partial charge in [0.15, 0.2) is 0 Å². The van der Waals surface area contributed by atoms with Gasteiger partial charge in [0.1, 0.15) is 0 Å². The molecule has 90 valence electrons. The third kappa shape index (κ3) is 1.80. The smallest absolute Gasteiger partial charge is 0.207 e. The minimum absolute atomic E-state index is 0.152. The lowest BCUT2D eigenvalue weighted by molar-refractivity contribution is 0.103. The van der Waals surface area contributed by atoms with E-state index in [0.717, 1.165) is 23.3 Å². The van der Waals surface area contributed by atoms with Crippen LogP contribution in [0.1, 0.15) is 28.5 Å². The van der Waals surface area contributed by atoms with Gasteiger partial charge in [-0.1, -0.05) is 31.2 Å². The van der Waals surface area contributed by atoms with Crippen LogP contribution in [0.2, 0.25) is 0 Å². The van der Waals surface area contributed by atoms with Crippen molar-refractivity contribution in [3.05, 3.63) is 65.0 Å². The molecule has 0 N–H and O–H groups in total. The van der Waals surface area contributed by atoms with Crippen LogP contribution >= 0.6 is 0 Å².